The number of likely N-dealkylation sites (tertiary alicyclic amines) is 1. The molecule has 2 aromatic carbocycles. The fourth-order valence-corrected chi connectivity index (χ4v) is 3.10. The Labute approximate surface area is 120 Å². The van der Waals surface area contributed by atoms with E-state index in [1.165, 1.54) is 11.1 Å². The van der Waals surface area contributed by atoms with E-state index < -0.39 is 0 Å². The molecule has 1 N–H and O–H groups in total. The average molecular weight is 267 g/mol. The summed E-state index contributed by atoms with van der Waals surface area (Å²) in [6.45, 7) is 2.72. The lowest BCUT2D eigenvalue weighted by molar-refractivity contribution is 0.0549. The second-order valence-corrected chi connectivity index (χ2v) is 5.68. The molecule has 1 aliphatic heterocycles. The monoisotopic (exact) mass is 267 g/mol. The minimum absolute atomic E-state index is 0.224. The van der Waals surface area contributed by atoms with Crippen molar-refractivity contribution in [1.82, 2.24) is 4.90 Å². The first kappa shape index (κ1) is 13.3. The Hall–Kier alpha value is -1.64. The Balaban J connectivity index is 1.70. The molecule has 0 aromatic heterocycles. The molecular formula is C18H21NO. The van der Waals surface area contributed by atoms with Gasteiger partial charge in [-0.1, -0.05) is 60.7 Å². The van der Waals surface area contributed by atoms with Crippen LogP contribution in [0.5, 0.6) is 0 Å². The smallest absolute Gasteiger partial charge is 0.0673 e. The summed E-state index contributed by atoms with van der Waals surface area (Å²) in [5.41, 5.74) is 2.65. The van der Waals surface area contributed by atoms with Crippen LogP contribution in [0.3, 0.4) is 0 Å². The van der Waals surface area contributed by atoms with Crippen LogP contribution in [-0.2, 0) is 6.54 Å². The molecule has 0 saturated carbocycles. The largest absolute Gasteiger partial charge is 0.392 e. The first-order valence-electron chi connectivity index (χ1n) is 7.30. The van der Waals surface area contributed by atoms with Gasteiger partial charge in [0.2, 0.25) is 0 Å². The molecule has 2 aromatic rings. The second-order valence-electron chi connectivity index (χ2n) is 5.68. The van der Waals surface area contributed by atoms with Crippen LogP contribution in [0.2, 0.25) is 0 Å². The highest BCUT2D eigenvalue weighted by Crippen LogP contribution is 2.27. The molecule has 2 nitrogen and oxygen atoms in total. The molecule has 0 amide bonds. The van der Waals surface area contributed by atoms with E-state index >= 15 is 0 Å². The summed E-state index contributed by atoms with van der Waals surface area (Å²) in [5.74, 6) is 0.434. The van der Waals surface area contributed by atoms with Gasteiger partial charge in [0, 0.05) is 19.6 Å². The van der Waals surface area contributed by atoms with Gasteiger partial charge in [0.15, 0.2) is 0 Å². The van der Waals surface area contributed by atoms with E-state index in [1.807, 2.05) is 12.1 Å². The fourth-order valence-electron chi connectivity index (χ4n) is 3.10. The van der Waals surface area contributed by atoms with E-state index in [0.717, 1.165) is 26.1 Å². The molecular weight excluding hydrogens is 246 g/mol. The fraction of sp³-hybridized carbons (Fsp3) is 0.333. The van der Waals surface area contributed by atoms with Crippen LogP contribution in [-0.4, -0.2) is 29.2 Å². The quantitative estimate of drug-likeness (QED) is 0.924. The van der Waals surface area contributed by atoms with Gasteiger partial charge >= 0.3 is 0 Å². The molecule has 1 aliphatic rings. The van der Waals surface area contributed by atoms with Gasteiger partial charge in [-0.2, -0.15) is 0 Å². The van der Waals surface area contributed by atoms with Crippen LogP contribution in [0, 0.1) is 0 Å². The number of benzene rings is 2. The number of β-amino-alcohol motifs (C(OH)–C–C–N with tert-alkyl or cyclic N) is 1. The van der Waals surface area contributed by atoms with E-state index in [2.05, 4.69) is 53.4 Å². The van der Waals surface area contributed by atoms with Gasteiger partial charge in [-0.05, 0) is 23.5 Å². The summed E-state index contributed by atoms with van der Waals surface area (Å²) in [6, 6.07) is 21.0. The molecule has 1 fully saturated rings. The number of piperidine rings is 1. The third-order valence-corrected chi connectivity index (χ3v) is 4.02. The molecule has 0 radical (unpaired) electrons. The lowest BCUT2D eigenvalue weighted by atomic mass is 9.89. The first-order valence-corrected chi connectivity index (χ1v) is 7.30. The van der Waals surface area contributed by atoms with Gasteiger partial charge in [0.25, 0.3) is 0 Å². The summed E-state index contributed by atoms with van der Waals surface area (Å²) >= 11 is 0. The van der Waals surface area contributed by atoms with Crippen molar-refractivity contribution in [3.8, 4) is 0 Å². The number of hydrogen-bond acceptors (Lipinski definition) is 2. The molecule has 3 rings (SSSR count). The highest BCUT2D eigenvalue weighted by Gasteiger charge is 2.26. The molecule has 2 atom stereocenters. The summed E-state index contributed by atoms with van der Waals surface area (Å²) < 4.78 is 0. The van der Waals surface area contributed by atoms with Crippen LogP contribution < -0.4 is 0 Å². The summed E-state index contributed by atoms with van der Waals surface area (Å²) in [6.07, 6.45) is 0.646. The SMILES string of the molecule is OC1CC(c2ccccc2)CN(Cc2ccccc2)C1. The Kier molecular flexibility index (Phi) is 4.14. The lowest BCUT2D eigenvalue weighted by Gasteiger charge is -2.36. The average Bonchev–Trinajstić information content (AvgIpc) is 2.49. The topological polar surface area (TPSA) is 23.5 Å². The van der Waals surface area contributed by atoms with Crippen molar-refractivity contribution in [3.05, 3.63) is 71.8 Å². The molecule has 2 unspecified atom stereocenters. The second kappa shape index (κ2) is 6.21. The van der Waals surface area contributed by atoms with Crippen molar-refractivity contribution in [3.63, 3.8) is 0 Å². The normalized spacial score (nSPS) is 23.6. The minimum atomic E-state index is -0.224. The van der Waals surface area contributed by atoms with Crippen LogP contribution in [0.1, 0.15) is 23.5 Å². The molecule has 0 bridgehead atoms. The van der Waals surface area contributed by atoms with Crippen LogP contribution >= 0.6 is 0 Å². The van der Waals surface area contributed by atoms with E-state index in [1.54, 1.807) is 0 Å². The van der Waals surface area contributed by atoms with Crippen molar-refractivity contribution < 1.29 is 5.11 Å². The number of rotatable bonds is 3. The maximum Gasteiger partial charge on any atom is 0.0673 e. The third-order valence-electron chi connectivity index (χ3n) is 4.02. The Morgan fingerprint density at radius 2 is 1.55 bits per heavy atom. The van der Waals surface area contributed by atoms with Gasteiger partial charge in [-0.3, -0.25) is 4.90 Å². The first-order chi connectivity index (χ1) is 9.81. The molecule has 1 saturated heterocycles. The molecule has 2 heteroatoms. The zero-order valence-corrected chi connectivity index (χ0v) is 11.7. The van der Waals surface area contributed by atoms with Crippen LogP contribution in [0.15, 0.2) is 60.7 Å². The number of hydrogen-bond donors (Lipinski definition) is 1. The van der Waals surface area contributed by atoms with Crippen molar-refractivity contribution in [2.24, 2.45) is 0 Å². The zero-order valence-electron chi connectivity index (χ0n) is 11.7. The van der Waals surface area contributed by atoms with Gasteiger partial charge in [0.1, 0.15) is 0 Å². The van der Waals surface area contributed by atoms with Gasteiger partial charge < -0.3 is 5.11 Å². The minimum Gasteiger partial charge on any atom is -0.392 e. The third kappa shape index (κ3) is 3.27. The standard InChI is InChI=1S/C18H21NO/c20-18-11-17(16-9-5-2-6-10-16)13-19(14-18)12-15-7-3-1-4-8-15/h1-10,17-18,20H,11-14H2. The Morgan fingerprint density at radius 1 is 0.900 bits per heavy atom. The Bertz CT molecular complexity index is 526. The van der Waals surface area contributed by atoms with Crippen molar-refractivity contribution in [2.45, 2.75) is 25.0 Å². The summed E-state index contributed by atoms with van der Waals surface area (Å²) in [4.78, 5) is 2.36. The maximum absolute atomic E-state index is 10.1. The highest BCUT2D eigenvalue weighted by molar-refractivity contribution is 5.21. The molecule has 104 valence electrons. The van der Waals surface area contributed by atoms with Crippen molar-refractivity contribution in [1.29, 1.82) is 0 Å². The predicted octanol–water partition coefficient (Wildman–Crippen LogP) is 3.04. The van der Waals surface area contributed by atoms with E-state index in [4.69, 9.17) is 0 Å². The van der Waals surface area contributed by atoms with Gasteiger partial charge in [-0.25, -0.2) is 0 Å². The number of aliphatic hydroxyl groups is 1. The maximum atomic E-state index is 10.1. The number of nitrogens with zero attached hydrogens (tertiary/aromatic N) is 1. The van der Waals surface area contributed by atoms with Crippen molar-refractivity contribution in [2.75, 3.05) is 13.1 Å². The molecule has 0 aliphatic carbocycles. The van der Waals surface area contributed by atoms with Crippen molar-refractivity contribution >= 4 is 0 Å². The van der Waals surface area contributed by atoms with Gasteiger partial charge in [-0.15, -0.1) is 0 Å². The van der Waals surface area contributed by atoms with Crippen LogP contribution in [0.25, 0.3) is 0 Å². The highest BCUT2D eigenvalue weighted by atomic mass is 16.3. The van der Waals surface area contributed by atoms with E-state index in [-0.39, 0.29) is 6.10 Å². The number of aliphatic hydroxyl groups excluding tert-OH is 1. The molecule has 1 heterocycles. The van der Waals surface area contributed by atoms with E-state index in [9.17, 15) is 5.11 Å². The predicted molar refractivity (Wildman–Crippen MR) is 81.5 cm³/mol. The zero-order chi connectivity index (χ0) is 13.8. The van der Waals surface area contributed by atoms with Crippen LogP contribution in [0.4, 0.5) is 0 Å². The van der Waals surface area contributed by atoms with Gasteiger partial charge in [0.05, 0.1) is 6.10 Å². The summed E-state index contributed by atoms with van der Waals surface area (Å²) in [7, 11) is 0. The lowest BCUT2D eigenvalue weighted by Crippen LogP contribution is -2.41. The molecule has 0 spiro atoms. The van der Waals surface area contributed by atoms with E-state index in [0.29, 0.717) is 5.92 Å². The molecule has 20 heavy (non-hydrogen) atoms. The Morgan fingerprint density at radius 3 is 2.25 bits per heavy atom. The summed E-state index contributed by atoms with van der Waals surface area (Å²) in [5, 5.41) is 10.1.